The number of carbonyl (C=O) groups is 3. The monoisotopic (exact) mass is 409 g/mol. The molecule has 1 N–H and O–H groups in total. The molecule has 1 unspecified atom stereocenters. The van der Waals surface area contributed by atoms with Crippen molar-refractivity contribution in [2.45, 2.75) is 19.9 Å². The molecule has 1 aliphatic heterocycles. The van der Waals surface area contributed by atoms with Crippen molar-refractivity contribution in [1.29, 1.82) is 0 Å². The minimum absolute atomic E-state index is 0.0419. The van der Waals surface area contributed by atoms with E-state index in [1.807, 2.05) is 0 Å². The highest BCUT2D eigenvalue weighted by molar-refractivity contribution is 6.17. The molecule has 1 amide bonds. The molecule has 7 heteroatoms. The minimum atomic E-state index is -0.827. The second kappa shape index (κ2) is 8.41. The van der Waals surface area contributed by atoms with E-state index in [1.54, 1.807) is 50.2 Å². The van der Waals surface area contributed by atoms with Gasteiger partial charge in [0.1, 0.15) is 5.75 Å². The van der Waals surface area contributed by atoms with Gasteiger partial charge in [0.15, 0.2) is 11.5 Å². The first-order chi connectivity index (χ1) is 14.3. The third kappa shape index (κ3) is 3.66. The van der Waals surface area contributed by atoms with Crippen LogP contribution in [-0.4, -0.2) is 37.0 Å². The van der Waals surface area contributed by atoms with Gasteiger partial charge in [0, 0.05) is 11.6 Å². The summed E-state index contributed by atoms with van der Waals surface area (Å²) in [4.78, 5) is 39.0. The zero-order chi connectivity index (χ0) is 22.0. The van der Waals surface area contributed by atoms with Crippen molar-refractivity contribution in [2.24, 2.45) is 5.92 Å². The Bertz CT molecular complexity index is 1020. The van der Waals surface area contributed by atoms with Gasteiger partial charge in [0.05, 0.1) is 31.4 Å². The normalized spacial score (nSPS) is 16.2. The molecule has 0 aliphatic carbocycles. The topological polar surface area (TPSA) is 93.1 Å². The number of methoxy groups -OCH3 is 2. The Morgan fingerprint density at radius 3 is 2.30 bits per heavy atom. The lowest BCUT2D eigenvalue weighted by Crippen LogP contribution is -2.31. The second-order valence-corrected chi connectivity index (χ2v) is 7.17. The van der Waals surface area contributed by atoms with E-state index in [2.05, 4.69) is 0 Å². The Morgan fingerprint density at radius 1 is 1.07 bits per heavy atom. The van der Waals surface area contributed by atoms with E-state index in [-0.39, 0.29) is 11.4 Å². The van der Waals surface area contributed by atoms with E-state index in [0.29, 0.717) is 22.6 Å². The van der Waals surface area contributed by atoms with Crippen LogP contribution in [0.25, 0.3) is 0 Å². The molecule has 0 saturated carbocycles. The van der Waals surface area contributed by atoms with Crippen LogP contribution in [0, 0.1) is 5.92 Å². The summed E-state index contributed by atoms with van der Waals surface area (Å²) in [6.07, 6.45) is 0. The molecule has 2 aromatic rings. The van der Waals surface area contributed by atoms with Gasteiger partial charge >= 0.3 is 5.97 Å². The summed E-state index contributed by atoms with van der Waals surface area (Å²) in [6.45, 7) is 3.42. The van der Waals surface area contributed by atoms with Crippen LogP contribution < -0.4 is 9.64 Å². The van der Waals surface area contributed by atoms with Gasteiger partial charge in [-0.1, -0.05) is 26.0 Å². The Hall–Kier alpha value is -3.61. The van der Waals surface area contributed by atoms with Crippen molar-refractivity contribution in [2.75, 3.05) is 19.1 Å². The first kappa shape index (κ1) is 21.1. The SMILES string of the molecule is COC(=O)c1ccc(N2C(=O)C(O)=C(C(=O)C(C)C)C2c2cccc(OC)c2)cc1. The number of ketones is 1. The summed E-state index contributed by atoms with van der Waals surface area (Å²) in [5, 5.41) is 10.6. The average molecular weight is 409 g/mol. The lowest BCUT2D eigenvalue weighted by Gasteiger charge is -2.27. The highest BCUT2D eigenvalue weighted by Gasteiger charge is 2.44. The molecule has 1 atom stereocenters. The molecule has 0 spiro atoms. The average Bonchev–Trinajstić information content (AvgIpc) is 3.03. The summed E-state index contributed by atoms with van der Waals surface area (Å²) >= 11 is 0. The third-order valence-electron chi connectivity index (χ3n) is 4.97. The fourth-order valence-electron chi connectivity index (χ4n) is 3.44. The number of nitrogens with zero attached hydrogens (tertiary/aromatic N) is 1. The van der Waals surface area contributed by atoms with Crippen LogP contribution in [0.15, 0.2) is 59.9 Å². The number of ether oxygens (including phenoxy) is 2. The Balaban J connectivity index is 2.14. The highest BCUT2D eigenvalue weighted by Crippen LogP contribution is 2.42. The van der Waals surface area contributed by atoms with Gasteiger partial charge in [0.25, 0.3) is 5.91 Å². The zero-order valence-electron chi connectivity index (χ0n) is 17.2. The first-order valence-electron chi connectivity index (χ1n) is 9.43. The minimum Gasteiger partial charge on any atom is -0.503 e. The van der Waals surface area contributed by atoms with Gasteiger partial charge in [-0.3, -0.25) is 14.5 Å². The first-order valence-corrected chi connectivity index (χ1v) is 9.43. The van der Waals surface area contributed by atoms with E-state index in [9.17, 15) is 19.5 Å². The maximum atomic E-state index is 13.0. The predicted molar refractivity (Wildman–Crippen MR) is 111 cm³/mol. The summed E-state index contributed by atoms with van der Waals surface area (Å²) in [7, 11) is 2.81. The molecule has 0 radical (unpaired) electrons. The molecule has 0 aromatic heterocycles. The molecular formula is C23H23NO6. The maximum Gasteiger partial charge on any atom is 0.337 e. The lowest BCUT2D eigenvalue weighted by atomic mass is 9.91. The van der Waals surface area contributed by atoms with Crippen molar-refractivity contribution < 1.29 is 29.0 Å². The number of esters is 1. The van der Waals surface area contributed by atoms with Gasteiger partial charge < -0.3 is 14.6 Å². The van der Waals surface area contributed by atoms with E-state index in [4.69, 9.17) is 9.47 Å². The lowest BCUT2D eigenvalue weighted by molar-refractivity contribution is -0.119. The molecule has 3 rings (SSSR count). The van der Waals surface area contributed by atoms with Crippen LogP contribution >= 0.6 is 0 Å². The fraction of sp³-hybridized carbons (Fsp3) is 0.261. The molecule has 30 heavy (non-hydrogen) atoms. The summed E-state index contributed by atoms with van der Waals surface area (Å²) in [5.41, 5.74) is 1.41. The number of hydrogen-bond donors (Lipinski definition) is 1. The van der Waals surface area contributed by atoms with Crippen LogP contribution in [0.3, 0.4) is 0 Å². The standard InChI is InChI=1S/C23H23NO6/c1-13(2)20(25)18-19(15-6-5-7-17(12-15)29-3)24(22(27)21(18)26)16-10-8-14(9-11-16)23(28)30-4/h5-13,19,26H,1-4H3. The molecule has 7 nitrogen and oxygen atoms in total. The number of aliphatic hydroxyl groups is 1. The smallest absolute Gasteiger partial charge is 0.337 e. The van der Waals surface area contributed by atoms with E-state index >= 15 is 0 Å². The molecule has 2 aromatic carbocycles. The molecule has 0 bridgehead atoms. The van der Waals surface area contributed by atoms with Crippen molar-refractivity contribution in [3.63, 3.8) is 0 Å². The van der Waals surface area contributed by atoms with Crippen molar-refractivity contribution in [1.82, 2.24) is 0 Å². The number of Topliss-reactive ketones (excluding diaryl/α,β-unsaturated/α-hetero) is 1. The molecule has 0 saturated heterocycles. The molecule has 1 heterocycles. The van der Waals surface area contributed by atoms with E-state index < -0.39 is 29.6 Å². The van der Waals surface area contributed by atoms with Crippen LogP contribution in [0.4, 0.5) is 5.69 Å². The van der Waals surface area contributed by atoms with Crippen molar-refractivity contribution in [3.8, 4) is 5.75 Å². The van der Waals surface area contributed by atoms with E-state index in [1.165, 1.54) is 31.3 Å². The maximum absolute atomic E-state index is 13.0. The van der Waals surface area contributed by atoms with Gasteiger partial charge in [-0.2, -0.15) is 0 Å². The third-order valence-corrected chi connectivity index (χ3v) is 4.97. The van der Waals surface area contributed by atoms with Crippen LogP contribution in [0.1, 0.15) is 35.8 Å². The second-order valence-electron chi connectivity index (χ2n) is 7.17. The quantitative estimate of drug-likeness (QED) is 0.733. The van der Waals surface area contributed by atoms with Gasteiger partial charge in [0.2, 0.25) is 0 Å². The van der Waals surface area contributed by atoms with Crippen LogP contribution in [0.2, 0.25) is 0 Å². The van der Waals surface area contributed by atoms with Crippen molar-refractivity contribution in [3.05, 3.63) is 71.0 Å². The predicted octanol–water partition coefficient (Wildman–Crippen LogP) is 3.61. The number of anilines is 1. The summed E-state index contributed by atoms with van der Waals surface area (Å²) in [6, 6.07) is 12.4. The zero-order valence-corrected chi connectivity index (χ0v) is 17.2. The number of rotatable bonds is 6. The Kier molecular flexibility index (Phi) is 5.91. The number of carbonyl (C=O) groups excluding carboxylic acids is 3. The largest absolute Gasteiger partial charge is 0.503 e. The van der Waals surface area contributed by atoms with Gasteiger partial charge in [-0.25, -0.2) is 4.79 Å². The van der Waals surface area contributed by atoms with Crippen LogP contribution in [-0.2, 0) is 14.3 Å². The van der Waals surface area contributed by atoms with Gasteiger partial charge in [-0.15, -0.1) is 0 Å². The Morgan fingerprint density at radius 2 is 1.73 bits per heavy atom. The van der Waals surface area contributed by atoms with Crippen molar-refractivity contribution >= 4 is 23.3 Å². The van der Waals surface area contributed by atoms with Crippen LogP contribution in [0.5, 0.6) is 5.75 Å². The highest BCUT2D eigenvalue weighted by atomic mass is 16.5. The molecule has 0 fully saturated rings. The summed E-state index contributed by atoms with van der Waals surface area (Å²) < 4.78 is 9.99. The number of aliphatic hydroxyl groups excluding tert-OH is 1. The molecular weight excluding hydrogens is 386 g/mol. The number of amides is 1. The molecule has 1 aliphatic rings. The Labute approximate surface area is 174 Å². The fourth-order valence-corrected chi connectivity index (χ4v) is 3.44. The number of hydrogen-bond acceptors (Lipinski definition) is 6. The summed E-state index contributed by atoms with van der Waals surface area (Å²) in [5.74, 6) is -1.93. The number of benzene rings is 2. The van der Waals surface area contributed by atoms with E-state index in [0.717, 1.165) is 0 Å². The van der Waals surface area contributed by atoms with Gasteiger partial charge in [-0.05, 0) is 42.0 Å². The molecule has 156 valence electrons.